The van der Waals surface area contributed by atoms with Crippen LogP contribution in [0.2, 0.25) is 5.02 Å². The van der Waals surface area contributed by atoms with Gasteiger partial charge >= 0.3 is 0 Å². The molecule has 0 fully saturated rings. The first kappa shape index (κ1) is 13.4. The average Bonchev–Trinajstić information content (AvgIpc) is 2.35. The molecule has 0 aliphatic heterocycles. The molecule has 2 N–H and O–H groups in total. The zero-order chi connectivity index (χ0) is 13.3. The van der Waals surface area contributed by atoms with E-state index in [4.69, 9.17) is 22.1 Å². The van der Waals surface area contributed by atoms with E-state index in [1.807, 2.05) is 13.0 Å². The predicted octanol–water partition coefficient (Wildman–Crippen LogP) is 3.30. The highest BCUT2D eigenvalue weighted by atomic mass is 127. The number of rotatable bonds is 2. The number of aryl methyl sites for hydroxylation is 1. The summed E-state index contributed by atoms with van der Waals surface area (Å²) in [6.45, 7) is 1.89. The van der Waals surface area contributed by atoms with Crippen LogP contribution in [-0.4, -0.2) is 17.1 Å². The maximum atomic E-state index is 5.92. The number of halogens is 2. The molecule has 18 heavy (non-hydrogen) atoms. The second-order valence-electron chi connectivity index (χ2n) is 3.68. The number of hydrogen-bond donors (Lipinski definition) is 1. The topological polar surface area (TPSA) is 61.0 Å². The molecule has 2 aromatic rings. The molecule has 4 nitrogen and oxygen atoms in total. The first-order valence-electron chi connectivity index (χ1n) is 5.16. The lowest BCUT2D eigenvalue weighted by atomic mass is 10.2. The molecule has 0 aliphatic rings. The third-order valence-corrected chi connectivity index (χ3v) is 4.02. The van der Waals surface area contributed by atoms with Crippen molar-refractivity contribution >= 4 is 40.0 Å². The number of methoxy groups -OCH3 is 1. The molecule has 0 bridgehead atoms. The normalized spacial score (nSPS) is 10.4. The smallest absolute Gasteiger partial charge is 0.165 e. The molecule has 1 heterocycles. The molecule has 0 atom stereocenters. The second kappa shape index (κ2) is 5.27. The van der Waals surface area contributed by atoms with Gasteiger partial charge < -0.3 is 10.5 Å². The number of anilines is 1. The summed E-state index contributed by atoms with van der Waals surface area (Å²) in [7, 11) is 1.58. The highest BCUT2D eigenvalue weighted by Gasteiger charge is 2.12. The van der Waals surface area contributed by atoms with Gasteiger partial charge in [0.05, 0.1) is 21.9 Å². The van der Waals surface area contributed by atoms with Gasteiger partial charge in [-0.25, -0.2) is 9.97 Å². The van der Waals surface area contributed by atoms with Crippen molar-refractivity contribution in [3.8, 4) is 17.1 Å². The van der Waals surface area contributed by atoms with Crippen LogP contribution in [0, 0.1) is 10.5 Å². The summed E-state index contributed by atoms with van der Waals surface area (Å²) >= 11 is 8.05. The van der Waals surface area contributed by atoms with Crippen LogP contribution >= 0.6 is 34.2 Å². The van der Waals surface area contributed by atoms with Crippen molar-refractivity contribution in [3.05, 3.63) is 32.5 Å². The first-order chi connectivity index (χ1) is 8.52. The molecule has 0 spiro atoms. The van der Waals surface area contributed by atoms with E-state index >= 15 is 0 Å². The Morgan fingerprint density at radius 2 is 2.06 bits per heavy atom. The van der Waals surface area contributed by atoms with Crippen LogP contribution in [0.5, 0.6) is 5.75 Å². The molecular weight excluding hydrogens is 365 g/mol. The highest BCUT2D eigenvalue weighted by Crippen LogP contribution is 2.31. The molecule has 0 unspecified atom stereocenters. The zero-order valence-electron chi connectivity index (χ0n) is 9.87. The Morgan fingerprint density at radius 3 is 2.67 bits per heavy atom. The SMILES string of the molecule is COc1cc(Cl)ccc1-c1nc(C)c(I)c(N)n1. The summed E-state index contributed by atoms with van der Waals surface area (Å²) < 4.78 is 6.15. The van der Waals surface area contributed by atoms with E-state index in [2.05, 4.69) is 32.6 Å². The lowest BCUT2D eigenvalue weighted by molar-refractivity contribution is 0.416. The van der Waals surface area contributed by atoms with Gasteiger partial charge in [0.15, 0.2) is 5.82 Å². The minimum atomic E-state index is 0.468. The van der Waals surface area contributed by atoms with E-state index < -0.39 is 0 Å². The minimum absolute atomic E-state index is 0.468. The molecule has 0 saturated heterocycles. The van der Waals surface area contributed by atoms with Crippen molar-refractivity contribution in [1.82, 2.24) is 9.97 Å². The van der Waals surface area contributed by atoms with Crippen LogP contribution in [0.15, 0.2) is 18.2 Å². The molecule has 0 saturated carbocycles. The molecule has 1 aromatic heterocycles. The van der Waals surface area contributed by atoms with E-state index in [-0.39, 0.29) is 0 Å². The molecular formula is C12H11ClIN3O. The Hall–Kier alpha value is -1.08. The van der Waals surface area contributed by atoms with Gasteiger partial charge in [0, 0.05) is 5.02 Å². The van der Waals surface area contributed by atoms with Crippen molar-refractivity contribution in [1.29, 1.82) is 0 Å². The number of nitrogens with zero attached hydrogens (tertiary/aromatic N) is 2. The van der Waals surface area contributed by atoms with Crippen LogP contribution < -0.4 is 10.5 Å². The zero-order valence-corrected chi connectivity index (χ0v) is 12.8. The van der Waals surface area contributed by atoms with Crippen molar-refractivity contribution in [2.45, 2.75) is 6.92 Å². The molecule has 94 valence electrons. The third kappa shape index (κ3) is 2.51. The van der Waals surface area contributed by atoms with E-state index in [0.29, 0.717) is 22.4 Å². The Bertz CT molecular complexity index is 581. The number of hydrogen-bond acceptors (Lipinski definition) is 4. The first-order valence-corrected chi connectivity index (χ1v) is 6.62. The Balaban J connectivity index is 2.62. The van der Waals surface area contributed by atoms with Crippen molar-refractivity contribution < 1.29 is 4.74 Å². The van der Waals surface area contributed by atoms with Crippen molar-refractivity contribution in [2.75, 3.05) is 12.8 Å². The number of benzene rings is 1. The Labute approximate surface area is 124 Å². The second-order valence-corrected chi connectivity index (χ2v) is 5.19. The molecule has 2 rings (SSSR count). The van der Waals surface area contributed by atoms with Crippen LogP contribution in [0.25, 0.3) is 11.4 Å². The van der Waals surface area contributed by atoms with Gasteiger partial charge in [-0.15, -0.1) is 0 Å². The van der Waals surface area contributed by atoms with Gasteiger partial charge in [-0.2, -0.15) is 0 Å². The highest BCUT2D eigenvalue weighted by molar-refractivity contribution is 14.1. The van der Waals surface area contributed by atoms with Crippen LogP contribution in [0.3, 0.4) is 0 Å². The van der Waals surface area contributed by atoms with Gasteiger partial charge in [0.25, 0.3) is 0 Å². The van der Waals surface area contributed by atoms with Crippen LogP contribution in [-0.2, 0) is 0 Å². The van der Waals surface area contributed by atoms with Gasteiger partial charge in [0.1, 0.15) is 11.6 Å². The van der Waals surface area contributed by atoms with Gasteiger partial charge in [-0.1, -0.05) is 11.6 Å². The van der Waals surface area contributed by atoms with Crippen molar-refractivity contribution in [3.63, 3.8) is 0 Å². The average molecular weight is 376 g/mol. The van der Waals surface area contributed by atoms with Gasteiger partial charge in [-0.3, -0.25) is 0 Å². The monoisotopic (exact) mass is 375 g/mol. The number of nitrogen functional groups attached to an aromatic ring is 1. The summed E-state index contributed by atoms with van der Waals surface area (Å²) in [5.41, 5.74) is 7.47. The lowest BCUT2D eigenvalue weighted by Crippen LogP contribution is -2.02. The van der Waals surface area contributed by atoms with E-state index in [0.717, 1.165) is 14.8 Å². The number of aromatic nitrogens is 2. The van der Waals surface area contributed by atoms with Crippen LogP contribution in [0.4, 0.5) is 5.82 Å². The van der Waals surface area contributed by atoms with E-state index in [1.54, 1.807) is 19.2 Å². The Kier molecular flexibility index (Phi) is 3.91. The fourth-order valence-corrected chi connectivity index (χ4v) is 1.95. The van der Waals surface area contributed by atoms with Gasteiger partial charge in [0.2, 0.25) is 0 Å². The molecule has 6 heteroatoms. The molecule has 0 amide bonds. The Morgan fingerprint density at radius 1 is 1.33 bits per heavy atom. The number of ether oxygens (including phenoxy) is 1. The predicted molar refractivity (Wildman–Crippen MR) is 80.9 cm³/mol. The fourth-order valence-electron chi connectivity index (χ4n) is 1.55. The maximum absolute atomic E-state index is 5.92. The van der Waals surface area contributed by atoms with Crippen LogP contribution in [0.1, 0.15) is 5.69 Å². The summed E-state index contributed by atoms with van der Waals surface area (Å²) in [6.07, 6.45) is 0. The fraction of sp³-hybridized carbons (Fsp3) is 0.167. The van der Waals surface area contributed by atoms with E-state index in [9.17, 15) is 0 Å². The van der Waals surface area contributed by atoms with Crippen molar-refractivity contribution in [2.24, 2.45) is 0 Å². The lowest BCUT2D eigenvalue weighted by Gasteiger charge is -2.10. The largest absolute Gasteiger partial charge is 0.496 e. The molecule has 0 radical (unpaired) electrons. The standard InChI is InChI=1S/C12H11ClIN3O/c1-6-10(14)11(15)17-12(16-6)8-4-3-7(13)5-9(8)18-2/h3-5H,1-2H3,(H2,15,16,17). The minimum Gasteiger partial charge on any atom is -0.496 e. The summed E-state index contributed by atoms with van der Waals surface area (Å²) in [5, 5.41) is 0.603. The molecule has 1 aromatic carbocycles. The summed E-state index contributed by atoms with van der Waals surface area (Å²) in [5.74, 6) is 1.64. The summed E-state index contributed by atoms with van der Waals surface area (Å²) in [4.78, 5) is 8.70. The van der Waals surface area contributed by atoms with E-state index in [1.165, 1.54) is 0 Å². The molecule has 0 aliphatic carbocycles. The quantitative estimate of drug-likeness (QED) is 0.818. The van der Waals surface area contributed by atoms with Gasteiger partial charge in [-0.05, 0) is 47.7 Å². The maximum Gasteiger partial charge on any atom is 0.165 e. The third-order valence-electron chi connectivity index (χ3n) is 2.45. The summed E-state index contributed by atoms with van der Waals surface area (Å²) in [6, 6.07) is 5.32. The number of nitrogens with two attached hydrogens (primary N) is 1.